The van der Waals surface area contributed by atoms with Gasteiger partial charge in [0.1, 0.15) is 18.4 Å². The second-order valence-corrected chi connectivity index (χ2v) is 6.29. The molecule has 134 valence electrons. The summed E-state index contributed by atoms with van der Waals surface area (Å²) in [5.74, 6) is 0.460. The van der Waals surface area contributed by atoms with Crippen LogP contribution in [0.3, 0.4) is 0 Å². The topological polar surface area (TPSA) is 60.2 Å². The molecule has 1 unspecified atom stereocenters. The van der Waals surface area contributed by atoms with Crippen molar-refractivity contribution in [2.45, 2.75) is 13.0 Å². The van der Waals surface area contributed by atoms with E-state index in [4.69, 9.17) is 16.3 Å². The molecule has 6 nitrogen and oxygen atoms in total. The van der Waals surface area contributed by atoms with Gasteiger partial charge in [0.2, 0.25) is 0 Å². The molecule has 0 aliphatic heterocycles. The van der Waals surface area contributed by atoms with Crippen molar-refractivity contribution in [3.63, 3.8) is 0 Å². The molecule has 26 heavy (non-hydrogen) atoms. The summed E-state index contributed by atoms with van der Waals surface area (Å²) in [6.45, 7) is 1.93. The summed E-state index contributed by atoms with van der Waals surface area (Å²) in [6.07, 6.45) is 3.13. The molecular formula is C19H19ClN4O2. The van der Waals surface area contributed by atoms with Gasteiger partial charge in [-0.2, -0.15) is 5.10 Å². The Morgan fingerprint density at radius 3 is 2.69 bits per heavy atom. The maximum atomic E-state index is 12.4. The number of rotatable bonds is 6. The third-order valence-corrected chi connectivity index (χ3v) is 4.43. The number of benzene rings is 2. The third-order valence-electron chi connectivity index (χ3n) is 4.19. The van der Waals surface area contributed by atoms with E-state index in [0.717, 1.165) is 11.3 Å². The second-order valence-electron chi connectivity index (χ2n) is 5.86. The summed E-state index contributed by atoms with van der Waals surface area (Å²) in [6, 6.07) is 14.7. The van der Waals surface area contributed by atoms with E-state index in [1.54, 1.807) is 47.2 Å². The lowest BCUT2D eigenvalue weighted by Gasteiger charge is -2.25. The summed E-state index contributed by atoms with van der Waals surface area (Å²) in [4.78, 5) is 18.0. The van der Waals surface area contributed by atoms with E-state index in [-0.39, 0.29) is 18.6 Å². The second kappa shape index (κ2) is 8.01. The summed E-state index contributed by atoms with van der Waals surface area (Å²) in [5, 5.41) is 4.67. The molecule has 0 aliphatic carbocycles. The number of carbonyl (C=O) groups is 1. The molecule has 1 amide bonds. The maximum Gasteiger partial charge on any atom is 0.260 e. The van der Waals surface area contributed by atoms with Crippen LogP contribution in [0.4, 0.5) is 0 Å². The van der Waals surface area contributed by atoms with Gasteiger partial charge in [0.05, 0.1) is 11.7 Å². The van der Waals surface area contributed by atoms with Gasteiger partial charge in [0.15, 0.2) is 6.61 Å². The maximum absolute atomic E-state index is 12.4. The summed E-state index contributed by atoms with van der Waals surface area (Å²) >= 11 is 5.92. The zero-order chi connectivity index (χ0) is 18.5. The van der Waals surface area contributed by atoms with Crippen molar-refractivity contribution in [1.82, 2.24) is 19.7 Å². The Morgan fingerprint density at radius 2 is 2.04 bits per heavy atom. The predicted molar refractivity (Wildman–Crippen MR) is 99.5 cm³/mol. The Labute approximate surface area is 157 Å². The first-order chi connectivity index (χ1) is 12.5. The van der Waals surface area contributed by atoms with Crippen LogP contribution in [0.5, 0.6) is 5.75 Å². The van der Waals surface area contributed by atoms with Gasteiger partial charge >= 0.3 is 0 Å². The average molecular weight is 371 g/mol. The lowest BCUT2D eigenvalue weighted by atomic mass is 10.1. The van der Waals surface area contributed by atoms with E-state index in [1.807, 2.05) is 31.2 Å². The molecule has 0 N–H and O–H groups in total. The fourth-order valence-corrected chi connectivity index (χ4v) is 2.67. The molecule has 2 aromatic carbocycles. The van der Waals surface area contributed by atoms with Crippen LogP contribution in [0, 0.1) is 0 Å². The first-order valence-corrected chi connectivity index (χ1v) is 8.51. The highest BCUT2D eigenvalue weighted by Crippen LogP contribution is 2.21. The lowest BCUT2D eigenvalue weighted by molar-refractivity contribution is -0.134. The van der Waals surface area contributed by atoms with Gasteiger partial charge in [-0.1, -0.05) is 29.8 Å². The molecule has 0 aliphatic rings. The van der Waals surface area contributed by atoms with E-state index in [1.165, 1.54) is 6.33 Å². The molecule has 0 bridgehead atoms. The number of halogens is 1. The minimum absolute atomic E-state index is 0.0434. The molecule has 3 aromatic rings. The molecule has 7 heteroatoms. The smallest absolute Gasteiger partial charge is 0.260 e. The van der Waals surface area contributed by atoms with E-state index >= 15 is 0 Å². The Hall–Kier alpha value is -2.86. The highest BCUT2D eigenvalue weighted by molar-refractivity contribution is 6.30. The van der Waals surface area contributed by atoms with Crippen LogP contribution in [0.2, 0.25) is 5.02 Å². The Kier molecular flexibility index (Phi) is 5.53. The standard InChI is InChI=1S/C19H19ClN4O2/c1-14(15-6-8-17(9-7-15)24-13-21-12-22-24)23(2)19(25)11-26-18-5-3-4-16(20)10-18/h3-10,12-14H,11H2,1-2H3. The molecule has 0 saturated heterocycles. The first-order valence-electron chi connectivity index (χ1n) is 8.13. The fraction of sp³-hybridized carbons (Fsp3) is 0.211. The first kappa shape index (κ1) is 17.9. The van der Waals surface area contributed by atoms with Crippen molar-refractivity contribution in [2.75, 3.05) is 13.7 Å². The molecule has 0 saturated carbocycles. The van der Waals surface area contributed by atoms with E-state index in [0.29, 0.717) is 10.8 Å². The van der Waals surface area contributed by atoms with Crippen LogP contribution in [0.25, 0.3) is 5.69 Å². The highest BCUT2D eigenvalue weighted by atomic mass is 35.5. The number of aromatic nitrogens is 3. The molecule has 1 heterocycles. The SMILES string of the molecule is CC(c1ccc(-n2cncn2)cc1)N(C)C(=O)COc1cccc(Cl)c1. The summed E-state index contributed by atoms with van der Waals surface area (Å²) < 4.78 is 7.21. The van der Waals surface area contributed by atoms with Crippen molar-refractivity contribution in [3.8, 4) is 11.4 Å². The molecule has 0 fully saturated rings. The molecule has 1 aromatic heterocycles. The number of amides is 1. The third kappa shape index (κ3) is 4.21. The van der Waals surface area contributed by atoms with Crippen LogP contribution in [0.15, 0.2) is 61.2 Å². The van der Waals surface area contributed by atoms with Crippen molar-refractivity contribution in [2.24, 2.45) is 0 Å². The molecule has 1 atom stereocenters. The number of likely N-dealkylation sites (N-methyl/N-ethyl adjacent to an activating group) is 1. The monoisotopic (exact) mass is 370 g/mol. The lowest BCUT2D eigenvalue weighted by Crippen LogP contribution is -2.33. The molecule has 0 spiro atoms. The molecule has 0 radical (unpaired) electrons. The Bertz CT molecular complexity index is 866. The zero-order valence-corrected chi connectivity index (χ0v) is 15.3. The molecule has 3 rings (SSSR count). The number of hydrogen-bond donors (Lipinski definition) is 0. The van der Waals surface area contributed by atoms with Gasteiger partial charge in [-0.25, -0.2) is 9.67 Å². The normalized spacial score (nSPS) is 11.8. The van der Waals surface area contributed by atoms with Crippen molar-refractivity contribution in [3.05, 3.63) is 71.8 Å². The molecular weight excluding hydrogens is 352 g/mol. The Morgan fingerprint density at radius 1 is 1.27 bits per heavy atom. The minimum atomic E-state index is -0.113. The van der Waals surface area contributed by atoms with Crippen molar-refractivity contribution < 1.29 is 9.53 Å². The largest absolute Gasteiger partial charge is 0.484 e. The van der Waals surface area contributed by atoms with Crippen LogP contribution in [0.1, 0.15) is 18.5 Å². The average Bonchev–Trinajstić information content (AvgIpc) is 3.20. The van der Waals surface area contributed by atoms with Crippen LogP contribution in [-0.4, -0.2) is 39.2 Å². The van der Waals surface area contributed by atoms with Crippen molar-refractivity contribution >= 4 is 17.5 Å². The number of ether oxygens (including phenoxy) is 1. The van der Waals surface area contributed by atoms with E-state index < -0.39 is 0 Å². The van der Waals surface area contributed by atoms with Gasteiger partial charge in [-0.05, 0) is 42.8 Å². The van der Waals surface area contributed by atoms with Crippen LogP contribution >= 0.6 is 11.6 Å². The number of hydrogen-bond acceptors (Lipinski definition) is 4. The van der Waals surface area contributed by atoms with E-state index in [9.17, 15) is 4.79 Å². The highest BCUT2D eigenvalue weighted by Gasteiger charge is 2.18. The van der Waals surface area contributed by atoms with Crippen LogP contribution in [-0.2, 0) is 4.79 Å². The minimum Gasteiger partial charge on any atom is -0.484 e. The van der Waals surface area contributed by atoms with Gasteiger partial charge in [-0.3, -0.25) is 4.79 Å². The van der Waals surface area contributed by atoms with Gasteiger partial charge in [-0.15, -0.1) is 0 Å². The fourth-order valence-electron chi connectivity index (χ4n) is 2.49. The predicted octanol–water partition coefficient (Wildman–Crippen LogP) is 3.52. The summed E-state index contributed by atoms with van der Waals surface area (Å²) in [5.41, 5.74) is 1.93. The van der Waals surface area contributed by atoms with Gasteiger partial charge < -0.3 is 9.64 Å². The van der Waals surface area contributed by atoms with Crippen LogP contribution < -0.4 is 4.74 Å². The van der Waals surface area contributed by atoms with Gasteiger partial charge in [0.25, 0.3) is 5.91 Å². The number of carbonyl (C=O) groups excluding carboxylic acids is 1. The number of nitrogens with zero attached hydrogens (tertiary/aromatic N) is 4. The quantitative estimate of drug-likeness (QED) is 0.666. The van der Waals surface area contributed by atoms with Crippen molar-refractivity contribution in [1.29, 1.82) is 0 Å². The Balaban J connectivity index is 1.61. The summed E-state index contributed by atoms with van der Waals surface area (Å²) in [7, 11) is 1.76. The van der Waals surface area contributed by atoms with Gasteiger partial charge in [0, 0.05) is 12.1 Å². The van der Waals surface area contributed by atoms with E-state index in [2.05, 4.69) is 10.1 Å². The zero-order valence-electron chi connectivity index (χ0n) is 14.5.